The van der Waals surface area contributed by atoms with Crippen molar-refractivity contribution in [3.8, 4) is 11.5 Å². The van der Waals surface area contributed by atoms with E-state index in [-0.39, 0.29) is 28.1 Å². The molecule has 2 rings (SSSR count). The van der Waals surface area contributed by atoms with Gasteiger partial charge in [-0.3, -0.25) is 10.1 Å². The summed E-state index contributed by atoms with van der Waals surface area (Å²) in [4.78, 5) is 10.4. The Bertz CT molecular complexity index is 664. The molecular weight excluding hydrogens is 308 g/mol. The van der Waals surface area contributed by atoms with Crippen molar-refractivity contribution in [2.75, 3.05) is 0 Å². The van der Waals surface area contributed by atoms with E-state index in [0.717, 1.165) is 6.07 Å². The lowest BCUT2D eigenvalue weighted by Gasteiger charge is -2.07. The van der Waals surface area contributed by atoms with Gasteiger partial charge in [-0.15, -0.1) is 11.6 Å². The van der Waals surface area contributed by atoms with Gasteiger partial charge in [0.05, 0.1) is 9.95 Å². The fourth-order valence-corrected chi connectivity index (χ4v) is 1.88. The molecule has 20 heavy (non-hydrogen) atoms. The highest BCUT2D eigenvalue weighted by Gasteiger charge is 2.17. The molecule has 0 N–H and O–H groups in total. The van der Waals surface area contributed by atoms with E-state index in [9.17, 15) is 14.5 Å². The van der Waals surface area contributed by atoms with Gasteiger partial charge in [-0.2, -0.15) is 0 Å². The summed E-state index contributed by atoms with van der Waals surface area (Å²) in [7, 11) is 0. The van der Waals surface area contributed by atoms with Crippen LogP contribution in [0.5, 0.6) is 11.5 Å². The molecule has 0 saturated heterocycles. The van der Waals surface area contributed by atoms with Gasteiger partial charge in [-0.05, 0) is 23.8 Å². The second kappa shape index (κ2) is 6.07. The van der Waals surface area contributed by atoms with Crippen LogP contribution in [0, 0.1) is 15.9 Å². The Labute approximate surface area is 123 Å². The van der Waals surface area contributed by atoms with E-state index >= 15 is 0 Å². The number of hydrogen-bond acceptors (Lipinski definition) is 3. The van der Waals surface area contributed by atoms with Gasteiger partial charge < -0.3 is 4.74 Å². The van der Waals surface area contributed by atoms with Crippen molar-refractivity contribution in [1.29, 1.82) is 0 Å². The average molecular weight is 316 g/mol. The summed E-state index contributed by atoms with van der Waals surface area (Å²) in [5, 5.41) is 10.9. The highest BCUT2D eigenvalue weighted by Crippen LogP contribution is 2.33. The Morgan fingerprint density at radius 1 is 1.25 bits per heavy atom. The van der Waals surface area contributed by atoms with Gasteiger partial charge in [-0.25, -0.2) is 4.39 Å². The Balaban J connectivity index is 2.37. The molecule has 0 aliphatic rings. The van der Waals surface area contributed by atoms with Crippen LogP contribution >= 0.6 is 23.2 Å². The molecule has 0 amide bonds. The summed E-state index contributed by atoms with van der Waals surface area (Å²) in [6.45, 7) is 0. The third-order valence-corrected chi connectivity index (χ3v) is 3.09. The first-order valence-electron chi connectivity index (χ1n) is 5.47. The summed E-state index contributed by atoms with van der Waals surface area (Å²) in [6.07, 6.45) is 0. The predicted molar refractivity (Wildman–Crippen MR) is 74.1 cm³/mol. The first kappa shape index (κ1) is 14.6. The zero-order chi connectivity index (χ0) is 14.7. The van der Waals surface area contributed by atoms with E-state index in [0.29, 0.717) is 5.56 Å². The lowest BCUT2D eigenvalue weighted by molar-refractivity contribution is -0.385. The molecule has 0 bridgehead atoms. The number of nitro groups is 1. The number of hydrogen-bond donors (Lipinski definition) is 0. The first-order valence-corrected chi connectivity index (χ1v) is 6.38. The molecule has 104 valence electrons. The standard InChI is InChI=1S/C13H8Cl2FNO3/c14-7-8-1-4-13(12(5-8)17(18)19)20-9-2-3-11(16)10(15)6-9/h1-6H,7H2. The third kappa shape index (κ3) is 3.18. The molecule has 0 aliphatic carbocycles. The van der Waals surface area contributed by atoms with Crippen LogP contribution < -0.4 is 4.74 Å². The Morgan fingerprint density at radius 2 is 2.00 bits per heavy atom. The van der Waals surface area contributed by atoms with E-state index in [1.54, 1.807) is 6.07 Å². The number of ether oxygens (including phenoxy) is 1. The lowest BCUT2D eigenvalue weighted by atomic mass is 10.2. The van der Waals surface area contributed by atoms with Crippen LogP contribution in [0.2, 0.25) is 5.02 Å². The molecule has 0 spiro atoms. The topological polar surface area (TPSA) is 52.4 Å². The van der Waals surface area contributed by atoms with E-state index in [4.69, 9.17) is 27.9 Å². The highest BCUT2D eigenvalue weighted by atomic mass is 35.5. The van der Waals surface area contributed by atoms with Gasteiger partial charge in [-0.1, -0.05) is 17.7 Å². The third-order valence-electron chi connectivity index (χ3n) is 2.49. The first-order chi connectivity index (χ1) is 9.51. The van der Waals surface area contributed by atoms with Crippen molar-refractivity contribution in [2.24, 2.45) is 0 Å². The molecule has 0 unspecified atom stereocenters. The molecule has 7 heteroatoms. The van der Waals surface area contributed by atoms with Crippen molar-refractivity contribution in [2.45, 2.75) is 5.88 Å². The molecule has 2 aromatic carbocycles. The number of benzene rings is 2. The molecule has 4 nitrogen and oxygen atoms in total. The van der Waals surface area contributed by atoms with Gasteiger partial charge in [0.15, 0.2) is 0 Å². The molecule has 0 aliphatic heterocycles. The fraction of sp³-hybridized carbons (Fsp3) is 0.0769. The van der Waals surface area contributed by atoms with Gasteiger partial charge >= 0.3 is 5.69 Å². The van der Waals surface area contributed by atoms with Gasteiger partial charge in [0.1, 0.15) is 11.6 Å². The van der Waals surface area contributed by atoms with E-state index in [1.807, 2.05) is 0 Å². The van der Waals surface area contributed by atoms with Crippen molar-refractivity contribution in [3.63, 3.8) is 0 Å². The monoisotopic (exact) mass is 315 g/mol. The number of halogens is 3. The molecule has 0 atom stereocenters. The minimum absolute atomic E-state index is 0.0338. The van der Waals surface area contributed by atoms with Crippen molar-refractivity contribution in [3.05, 3.63) is 62.9 Å². The molecule has 0 fully saturated rings. The minimum atomic E-state index is -0.592. The van der Waals surface area contributed by atoms with Crippen molar-refractivity contribution < 1.29 is 14.1 Å². The zero-order valence-electron chi connectivity index (χ0n) is 9.98. The summed E-state index contributed by atoms with van der Waals surface area (Å²) in [5.74, 6) is -0.195. The largest absolute Gasteiger partial charge is 0.450 e. The molecule has 0 saturated carbocycles. The number of rotatable bonds is 4. The van der Waals surface area contributed by atoms with E-state index < -0.39 is 10.7 Å². The lowest BCUT2D eigenvalue weighted by Crippen LogP contribution is -1.95. The highest BCUT2D eigenvalue weighted by molar-refractivity contribution is 6.30. The van der Waals surface area contributed by atoms with Crippen LogP contribution in [-0.2, 0) is 5.88 Å². The minimum Gasteiger partial charge on any atom is -0.450 e. The van der Waals surface area contributed by atoms with E-state index in [1.165, 1.54) is 24.3 Å². The molecule has 0 aromatic heterocycles. The summed E-state index contributed by atoms with van der Waals surface area (Å²) >= 11 is 11.3. The summed E-state index contributed by atoms with van der Waals surface area (Å²) < 4.78 is 18.4. The number of nitrogens with zero attached hydrogens (tertiary/aromatic N) is 1. The Hall–Kier alpha value is -1.85. The fourth-order valence-electron chi connectivity index (χ4n) is 1.54. The SMILES string of the molecule is O=[N+]([O-])c1cc(CCl)ccc1Oc1ccc(F)c(Cl)c1. The second-order valence-corrected chi connectivity index (χ2v) is 4.55. The Kier molecular flexibility index (Phi) is 4.42. The molecule has 0 heterocycles. The average Bonchev–Trinajstić information content (AvgIpc) is 2.43. The van der Waals surface area contributed by atoms with Crippen LogP contribution in [-0.4, -0.2) is 4.92 Å². The quantitative estimate of drug-likeness (QED) is 0.457. The van der Waals surface area contributed by atoms with Crippen LogP contribution in [0.1, 0.15) is 5.56 Å². The van der Waals surface area contributed by atoms with Gasteiger partial charge in [0.25, 0.3) is 0 Å². The maximum Gasteiger partial charge on any atom is 0.311 e. The normalized spacial score (nSPS) is 10.3. The maximum absolute atomic E-state index is 13.0. The summed E-state index contributed by atoms with van der Waals surface area (Å²) in [6, 6.07) is 8.08. The van der Waals surface area contributed by atoms with Crippen LogP contribution in [0.4, 0.5) is 10.1 Å². The van der Waals surface area contributed by atoms with E-state index in [2.05, 4.69) is 0 Å². The van der Waals surface area contributed by atoms with Crippen molar-refractivity contribution in [1.82, 2.24) is 0 Å². The van der Waals surface area contributed by atoms with Gasteiger partial charge in [0.2, 0.25) is 5.75 Å². The van der Waals surface area contributed by atoms with Crippen LogP contribution in [0.15, 0.2) is 36.4 Å². The second-order valence-electron chi connectivity index (χ2n) is 3.87. The molecular formula is C13H8Cl2FNO3. The number of alkyl halides is 1. The zero-order valence-corrected chi connectivity index (χ0v) is 11.5. The molecule has 0 radical (unpaired) electrons. The molecule has 2 aromatic rings. The number of nitro benzene ring substituents is 1. The van der Waals surface area contributed by atoms with Crippen molar-refractivity contribution >= 4 is 28.9 Å². The van der Waals surface area contributed by atoms with Gasteiger partial charge in [0, 0.05) is 18.0 Å². The summed E-state index contributed by atoms with van der Waals surface area (Å²) in [5.41, 5.74) is 0.381. The maximum atomic E-state index is 13.0. The smallest absolute Gasteiger partial charge is 0.311 e. The van der Waals surface area contributed by atoms with Crippen LogP contribution in [0.25, 0.3) is 0 Å². The predicted octanol–water partition coefficient (Wildman–Crippen LogP) is 4.92. The Morgan fingerprint density at radius 3 is 2.60 bits per heavy atom. The van der Waals surface area contributed by atoms with Crippen LogP contribution in [0.3, 0.4) is 0 Å².